The first-order chi connectivity index (χ1) is 6.17. The van der Waals surface area contributed by atoms with Crippen LogP contribution in [0, 0.1) is 0 Å². The molecule has 0 aliphatic heterocycles. The summed E-state index contributed by atoms with van der Waals surface area (Å²) in [5, 5.41) is 3.02. The van der Waals surface area contributed by atoms with Gasteiger partial charge in [0.1, 0.15) is 0 Å². The van der Waals surface area contributed by atoms with Gasteiger partial charge in [-0.1, -0.05) is 13.5 Å². The molecule has 0 aliphatic rings. The molecule has 0 amide bonds. The number of hydrogen-bond acceptors (Lipinski definition) is 2. The zero-order valence-electron chi connectivity index (χ0n) is 8.72. The molecular formula is C11H18N2. The highest BCUT2D eigenvalue weighted by atomic mass is 14.8. The topological polar surface area (TPSA) is 24.4 Å². The lowest BCUT2D eigenvalue weighted by Gasteiger charge is -2.08. The van der Waals surface area contributed by atoms with Crippen molar-refractivity contribution < 1.29 is 0 Å². The molecule has 0 aromatic heterocycles. The molecule has 0 rings (SSSR count). The van der Waals surface area contributed by atoms with Crippen molar-refractivity contribution >= 4 is 6.72 Å². The monoisotopic (exact) mass is 178 g/mol. The van der Waals surface area contributed by atoms with Crippen LogP contribution in [0.4, 0.5) is 0 Å². The van der Waals surface area contributed by atoms with Crippen LogP contribution in [0.3, 0.4) is 0 Å². The van der Waals surface area contributed by atoms with Crippen molar-refractivity contribution in [3.8, 4) is 0 Å². The fourth-order valence-corrected chi connectivity index (χ4v) is 1.03. The number of nitrogens with one attached hydrogen (secondary N) is 1. The van der Waals surface area contributed by atoms with Crippen molar-refractivity contribution in [2.24, 2.45) is 4.99 Å². The normalized spacial score (nSPS) is 12.5. The van der Waals surface area contributed by atoms with Gasteiger partial charge in [0.2, 0.25) is 0 Å². The van der Waals surface area contributed by atoms with Gasteiger partial charge in [0, 0.05) is 18.9 Å². The fraction of sp³-hybridized carbons (Fsp3) is 0.364. The van der Waals surface area contributed by atoms with E-state index in [0.717, 1.165) is 12.1 Å². The van der Waals surface area contributed by atoms with E-state index in [0.29, 0.717) is 0 Å². The van der Waals surface area contributed by atoms with Crippen molar-refractivity contribution in [2.75, 3.05) is 7.05 Å². The quantitative estimate of drug-likeness (QED) is 0.508. The maximum atomic E-state index is 3.90. The summed E-state index contributed by atoms with van der Waals surface area (Å²) in [4.78, 5) is 3.68. The van der Waals surface area contributed by atoms with E-state index in [4.69, 9.17) is 0 Å². The molecule has 0 saturated carbocycles. The van der Waals surface area contributed by atoms with Gasteiger partial charge in [0.15, 0.2) is 0 Å². The number of likely N-dealkylation sites (N-methyl/N-ethyl adjacent to an activating group) is 1. The molecule has 0 radical (unpaired) electrons. The number of hydrogen-bond donors (Lipinski definition) is 1. The van der Waals surface area contributed by atoms with E-state index in [1.165, 1.54) is 11.1 Å². The molecule has 0 heterocycles. The molecular weight excluding hydrogens is 160 g/mol. The highest BCUT2D eigenvalue weighted by Crippen LogP contribution is 2.14. The number of nitrogens with zero attached hydrogens (tertiary/aromatic N) is 1. The number of allylic oxidation sites excluding steroid dienone is 3. The van der Waals surface area contributed by atoms with Gasteiger partial charge in [-0.05, 0) is 37.3 Å². The molecule has 0 aliphatic carbocycles. The van der Waals surface area contributed by atoms with Crippen molar-refractivity contribution in [3.05, 3.63) is 35.7 Å². The number of aliphatic imine (C=N–C) groups is 1. The van der Waals surface area contributed by atoms with E-state index in [1.54, 1.807) is 6.20 Å². The van der Waals surface area contributed by atoms with Crippen LogP contribution in [0.5, 0.6) is 0 Å². The third-order valence-corrected chi connectivity index (χ3v) is 2.00. The van der Waals surface area contributed by atoms with E-state index in [2.05, 4.69) is 30.5 Å². The predicted octanol–water partition coefficient (Wildman–Crippen LogP) is 2.66. The van der Waals surface area contributed by atoms with E-state index in [9.17, 15) is 0 Å². The van der Waals surface area contributed by atoms with Crippen LogP contribution in [-0.2, 0) is 0 Å². The second kappa shape index (κ2) is 6.23. The van der Waals surface area contributed by atoms with E-state index < -0.39 is 0 Å². The molecule has 13 heavy (non-hydrogen) atoms. The van der Waals surface area contributed by atoms with Gasteiger partial charge >= 0.3 is 0 Å². The van der Waals surface area contributed by atoms with Crippen molar-refractivity contribution in [2.45, 2.75) is 20.3 Å². The summed E-state index contributed by atoms with van der Waals surface area (Å²) in [6.45, 7) is 11.4. The lowest BCUT2D eigenvalue weighted by atomic mass is 10.1. The number of rotatable bonds is 5. The van der Waals surface area contributed by atoms with Crippen LogP contribution in [0.1, 0.15) is 20.3 Å². The summed E-state index contributed by atoms with van der Waals surface area (Å²) in [6, 6.07) is 0. The Morgan fingerprint density at radius 3 is 2.54 bits per heavy atom. The van der Waals surface area contributed by atoms with Crippen molar-refractivity contribution in [1.82, 2.24) is 5.32 Å². The summed E-state index contributed by atoms with van der Waals surface area (Å²) in [5.41, 5.74) is 3.35. The first-order valence-corrected chi connectivity index (χ1v) is 4.36. The van der Waals surface area contributed by atoms with Gasteiger partial charge < -0.3 is 5.32 Å². The smallest absolute Gasteiger partial charge is 0.0297 e. The van der Waals surface area contributed by atoms with Gasteiger partial charge in [-0.15, -0.1) is 0 Å². The molecule has 2 nitrogen and oxygen atoms in total. The third kappa shape index (κ3) is 3.74. The molecule has 0 unspecified atom stereocenters. The van der Waals surface area contributed by atoms with Gasteiger partial charge in [-0.2, -0.15) is 0 Å². The Balaban J connectivity index is 4.77. The Morgan fingerprint density at radius 1 is 1.54 bits per heavy atom. The average Bonchev–Trinajstić information content (AvgIpc) is 2.17. The maximum absolute atomic E-state index is 3.90. The van der Waals surface area contributed by atoms with E-state index in [-0.39, 0.29) is 0 Å². The minimum Gasteiger partial charge on any atom is -0.388 e. The molecule has 0 aromatic carbocycles. The Labute approximate surface area is 80.8 Å². The molecule has 0 fully saturated rings. The third-order valence-electron chi connectivity index (χ3n) is 2.00. The molecule has 1 N–H and O–H groups in total. The highest BCUT2D eigenvalue weighted by Gasteiger charge is 1.99. The zero-order valence-corrected chi connectivity index (χ0v) is 8.72. The molecule has 0 aromatic rings. The molecule has 2 heteroatoms. The fourth-order valence-electron chi connectivity index (χ4n) is 1.03. The van der Waals surface area contributed by atoms with Gasteiger partial charge in [-0.3, -0.25) is 4.99 Å². The second-order valence-corrected chi connectivity index (χ2v) is 2.73. The van der Waals surface area contributed by atoms with Gasteiger partial charge in [0.25, 0.3) is 0 Å². The largest absolute Gasteiger partial charge is 0.388 e. The minimum atomic E-state index is 0.950. The Hall–Kier alpha value is -1.31. The van der Waals surface area contributed by atoms with Gasteiger partial charge in [0.05, 0.1) is 0 Å². The SMILES string of the molecule is C=N/C=C\C(CC)=C(/C)C(=C)NC. The lowest BCUT2D eigenvalue weighted by Crippen LogP contribution is -2.06. The molecule has 0 atom stereocenters. The summed E-state index contributed by atoms with van der Waals surface area (Å²) in [7, 11) is 1.87. The molecule has 72 valence electrons. The molecule has 0 saturated heterocycles. The Kier molecular flexibility index (Phi) is 5.60. The lowest BCUT2D eigenvalue weighted by molar-refractivity contribution is 0.981. The average molecular weight is 178 g/mol. The second-order valence-electron chi connectivity index (χ2n) is 2.73. The van der Waals surface area contributed by atoms with Crippen LogP contribution in [0.2, 0.25) is 0 Å². The van der Waals surface area contributed by atoms with Crippen LogP contribution >= 0.6 is 0 Å². The van der Waals surface area contributed by atoms with E-state index >= 15 is 0 Å². The highest BCUT2D eigenvalue weighted by molar-refractivity contribution is 5.36. The van der Waals surface area contributed by atoms with Gasteiger partial charge in [-0.25, -0.2) is 0 Å². The summed E-state index contributed by atoms with van der Waals surface area (Å²) in [5.74, 6) is 0. The summed E-state index contributed by atoms with van der Waals surface area (Å²) >= 11 is 0. The summed E-state index contributed by atoms with van der Waals surface area (Å²) in [6.07, 6.45) is 4.63. The maximum Gasteiger partial charge on any atom is 0.0297 e. The van der Waals surface area contributed by atoms with Crippen molar-refractivity contribution in [3.63, 3.8) is 0 Å². The predicted molar refractivity (Wildman–Crippen MR) is 59.9 cm³/mol. The zero-order chi connectivity index (χ0) is 10.3. The standard InChI is InChI=1S/C11H18N2/c1-6-11(7-8-12-4)9(2)10(3)13-5/h7-8,13H,3-4,6H2,1-2,5H3/b8-7-,11-9+. The van der Waals surface area contributed by atoms with Crippen molar-refractivity contribution in [1.29, 1.82) is 0 Å². The summed E-state index contributed by atoms with van der Waals surface area (Å²) < 4.78 is 0. The Morgan fingerprint density at radius 2 is 2.15 bits per heavy atom. The van der Waals surface area contributed by atoms with Crippen LogP contribution in [0.15, 0.2) is 40.7 Å². The minimum absolute atomic E-state index is 0.950. The Bertz CT molecular complexity index is 247. The molecule has 0 spiro atoms. The van der Waals surface area contributed by atoms with Crippen LogP contribution in [0.25, 0.3) is 0 Å². The van der Waals surface area contributed by atoms with Crippen LogP contribution < -0.4 is 5.32 Å². The van der Waals surface area contributed by atoms with E-state index in [1.807, 2.05) is 20.0 Å². The first kappa shape index (κ1) is 11.7. The molecule has 0 bridgehead atoms. The van der Waals surface area contributed by atoms with Crippen LogP contribution in [-0.4, -0.2) is 13.8 Å². The first-order valence-electron chi connectivity index (χ1n) is 4.36.